The van der Waals surface area contributed by atoms with E-state index < -0.39 is 0 Å². The largest absolute Gasteiger partial charge is 0.496 e. The van der Waals surface area contributed by atoms with E-state index in [-0.39, 0.29) is 17.9 Å². The molecule has 7 nitrogen and oxygen atoms in total. The van der Waals surface area contributed by atoms with E-state index >= 15 is 0 Å². The standard InChI is InChI=1S/C23H29ClN4O3/c1-4-5-15-12-17(22(24)20(13-15)31-3)14-21(29)28-11-10-19(27-28)16-6-8-18(9-7-16)26-23(30)25-2/h6-9,13,17H,4-5,10-12,14H2,1-3H3,(H2,25,26,30). The maximum Gasteiger partial charge on any atom is 0.318 e. The molecular weight excluding hydrogens is 416 g/mol. The van der Waals surface area contributed by atoms with Crippen LogP contribution in [0.25, 0.3) is 0 Å². The Balaban J connectivity index is 1.65. The molecule has 2 N–H and O–H groups in total. The predicted molar refractivity (Wildman–Crippen MR) is 123 cm³/mol. The summed E-state index contributed by atoms with van der Waals surface area (Å²) in [6, 6.07) is 7.15. The van der Waals surface area contributed by atoms with Crippen LogP contribution in [0.2, 0.25) is 0 Å². The van der Waals surface area contributed by atoms with E-state index in [0.717, 1.165) is 30.5 Å². The molecule has 166 valence electrons. The molecule has 8 heteroatoms. The number of hydrogen-bond acceptors (Lipinski definition) is 4. The summed E-state index contributed by atoms with van der Waals surface area (Å²) in [6.07, 6.45) is 5.78. The second-order valence-electron chi connectivity index (χ2n) is 7.67. The van der Waals surface area contributed by atoms with E-state index in [1.807, 2.05) is 30.3 Å². The summed E-state index contributed by atoms with van der Waals surface area (Å²) in [6.45, 7) is 2.68. The minimum Gasteiger partial charge on any atom is -0.496 e. The van der Waals surface area contributed by atoms with E-state index in [9.17, 15) is 9.59 Å². The van der Waals surface area contributed by atoms with Gasteiger partial charge in [0.15, 0.2) is 0 Å². The van der Waals surface area contributed by atoms with Gasteiger partial charge in [-0.05, 0) is 36.6 Å². The van der Waals surface area contributed by atoms with Crippen LogP contribution in [0.1, 0.15) is 44.6 Å². The first kappa shape index (κ1) is 22.9. The van der Waals surface area contributed by atoms with Gasteiger partial charge in [0.2, 0.25) is 5.91 Å². The van der Waals surface area contributed by atoms with Crippen molar-refractivity contribution in [2.45, 2.75) is 39.0 Å². The molecule has 1 unspecified atom stereocenters. The summed E-state index contributed by atoms with van der Waals surface area (Å²) in [5, 5.41) is 11.9. The normalized spacial score (nSPS) is 18.5. The summed E-state index contributed by atoms with van der Waals surface area (Å²) in [7, 11) is 3.17. The number of amides is 3. The number of methoxy groups -OCH3 is 1. The Morgan fingerprint density at radius 3 is 2.68 bits per heavy atom. The van der Waals surface area contributed by atoms with Gasteiger partial charge < -0.3 is 15.4 Å². The van der Waals surface area contributed by atoms with E-state index in [1.165, 1.54) is 5.57 Å². The Morgan fingerprint density at radius 1 is 1.29 bits per heavy atom. The highest BCUT2D eigenvalue weighted by atomic mass is 35.5. The number of ether oxygens (including phenoxy) is 1. The maximum atomic E-state index is 12.9. The third-order valence-electron chi connectivity index (χ3n) is 5.44. The molecule has 1 aromatic rings. The number of nitrogens with one attached hydrogen (secondary N) is 2. The van der Waals surface area contributed by atoms with Gasteiger partial charge in [0.05, 0.1) is 24.4 Å². The zero-order chi connectivity index (χ0) is 22.4. The second-order valence-corrected chi connectivity index (χ2v) is 8.08. The number of carbonyl (C=O) groups is 2. The zero-order valence-electron chi connectivity index (χ0n) is 18.2. The highest BCUT2D eigenvalue weighted by Crippen LogP contribution is 2.37. The molecule has 0 fully saturated rings. The fourth-order valence-corrected chi connectivity index (χ4v) is 4.12. The van der Waals surface area contributed by atoms with Crippen molar-refractivity contribution in [3.8, 4) is 0 Å². The molecule has 0 aromatic heterocycles. The number of halogens is 1. The number of hydrogen-bond donors (Lipinski definition) is 2. The van der Waals surface area contributed by atoms with Crippen LogP contribution in [0.5, 0.6) is 0 Å². The highest BCUT2D eigenvalue weighted by Gasteiger charge is 2.29. The predicted octanol–water partition coefficient (Wildman–Crippen LogP) is 4.61. The number of anilines is 1. The number of allylic oxidation sites excluding steroid dienone is 3. The van der Waals surface area contributed by atoms with Gasteiger partial charge in [-0.15, -0.1) is 0 Å². The lowest BCUT2D eigenvalue weighted by Gasteiger charge is -2.25. The van der Waals surface area contributed by atoms with E-state index in [4.69, 9.17) is 16.3 Å². The van der Waals surface area contributed by atoms with Gasteiger partial charge in [0.1, 0.15) is 5.76 Å². The quantitative estimate of drug-likeness (QED) is 0.644. The minimum absolute atomic E-state index is 0.0377. The van der Waals surface area contributed by atoms with Crippen molar-refractivity contribution < 1.29 is 14.3 Å². The SMILES string of the molecule is CCCC1=CC(OC)=C(Cl)C(CC(=O)N2CCC(c3ccc(NC(=O)NC)cc3)=N2)C1. The fourth-order valence-electron chi connectivity index (χ4n) is 3.83. The van der Waals surface area contributed by atoms with Crippen molar-refractivity contribution in [2.24, 2.45) is 11.0 Å². The van der Waals surface area contributed by atoms with Gasteiger partial charge in [-0.3, -0.25) is 4.79 Å². The molecule has 0 spiro atoms. The molecule has 1 aliphatic heterocycles. The van der Waals surface area contributed by atoms with Gasteiger partial charge in [0.25, 0.3) is 0 Å². The Kier molecular flexibility index (Phi) is 7.74. The van der Waals surface area contributed by atoms with E-state index in [0.29, 0.717) is 35.9 Å². The number of hydrazone groups is 1. The van der Waals surface area contributed by atoms with Gasteiger partial charge in [-0.2, -0.15) is 5.10 Å². The van der Waals surface area contributed by atoms with Crippen LogP contribution < -0.4 is 10.6 Å². The molecule has 31 heavy (non-hydrogen) atoms. The van der Waals surface area contributed by atoms with Crippen LogP contribution in [0, 0.1) is 5.92 Å². The smallest absolute Gasteiger partial charge is 0.318 e. The van der Waals surface area contributed by atoms with Crippen LogP contribution >= 0.6 is 11.6 Å². The first-order valence-corrected chi connectivity index (χ1v) is 10.9. The molecule has 2 aliphatic rings. The minimum atomic E-state index is -0.272. The number of rotatable bonds is 7. The van der Waals surface area contributed by atoms with Crippen LogP contribution in [0.3, 0.4) is 0 Å². The molecule has 1 aliphatic carbocycles. The molecule has 0 bridgehead atoms. The van der Waals surface area contributed by atoms with Gasteiger partial charge >= 0.3 is 6.03 Å². The monoisotopic (exact) mass is 444 g/mol. The number of urea groups is 1. The van der Waals surface area contributed by atoms with Crippen LogP contribution in [0.15, 0.2) is 51.8 Å². The molecule has 0 radical (unpaired) electrons. The second kappa shape index (κ2) is 10.5. The van der Waals surface area contributed by atoms with Crippen molar-refractivity contribution in [2.75, 3.05) is 26.0 Å². The number of benzene rings is 1. The number of carbonyl (C=O) groups excluding carboxylic acids is 2. The summed E-state index contributed by atoms with van der Waals surface area (Å²) in [5.41, 5.74) is 3.74. The topological polar surface area (TPSA) is 83.0 Å². The number of nitrogens with zero attached hydrogens (tertiary/aromatic N) is 2. The van der Waals surface area contributed by atoms with Crippen molar-refractivity contribution in [1.82, 2.24) is 10.3 Å². The first-order valence-electron chi connectivity index (χ1n) is 10.5. The lowest BCUT2D eigenvalue weighted by Crippen LogP contribution is -2.27. The Bertz CT molecular complexity index is 921. The Morgan fingerprint density at radius 2 is 2.03 bits per heavy atom. The molecular formula is C23H29ClN4O3. The van der Waals surface area contributed by atoms with Crippen molar-refractivity contribution in [1.29, 1.82) is 0 Å². The van der Waals surface area contributed by atoms with Crippen LogP contribution in [-0.2, 0) is 9.53 Å². The van der Waals surface area contributed by atoms with Crippen molar-refractivity contribution in [3.05, 3.63) is 52.3 Å². The van der Waals surface area contributed by atoms with E-state index in [1.54, 1.807) is 19.2 Å². The molecule has 3 amide bonds. The molecule has 1 heterocycles. The molecule has 1 atom stereocenters. The molecule has 0 saturated carbocycles. The third-order valence-corrected chi connectivity index (χ3v) is 5.94. The first-order chi connectivity index (χ1) is 14.9. The summed E-state index contributed by atoms with van der Waals surface area (Å²) < 4.78 is 5.42. The molecule has 0 saturated heterocycles. The van der Waals surface area contributed by atoms with Crippen molar-refractivity contribution in [3.63, 3.8) is 0 Å². The van der Waals surface area contributed by atoms with Crippen molar-refractivity contribution >= 4 is 34.9 Å². The maximum absolute atomic E-state index is 12.9. The molecule has 3 rings (SSSR count). The highest BCUT2D eigenvalue weighted by molar-refractivity contribution is 6.30. The average molecular weight is 445 g/mol. The Hall–Kier alpha value is -2.80. The Labute approximate surface area is 188 Å². The lowest BCUT2D eigenvalue weighted by molar-refractivity contribution is -0.131. The van der Waals surface area contributed by atoms with Gasteiger partial charge in [-0.25, -0.2) is 9.80 Å². The fraction of sp³-hybridized carbons (Fsp3) is 0.435. The van der Waals surface area contributed by atoms with E-state index in [2.05, 4.69) is 22.7 Å². The van der Waals surface area contributed by atoms with Crippen LogP contribution in [0.4, 0.5) is 10.5 Å². The summed E-state index contributed by atoms with van der Waals surface area (Å²) >= 11 is 6.52. The third kappa shape index (κ3) is 5.67. The van der Waals surface area contributed by atoms with Crippen LogP contribution in [-0.4, -0.2) is 43.4 Å². The van der Waals surface area contributed by atoms with Gasteiger partial charge in [-0.1, -0.05) is 42.7 Å². The molecule has 1 aromatic carbocycles. The average Bonchev–Trinajstić information content (AvgIpc) is 3.27. The van der Waals surface area contributed by atoms with Gasteiger partial charge in [0, 0.05) is 31.5 Å². The summed E-state index contributed by atoms with van der Waals surface area (Å²) in [5.74, 6) is 0.541. The zero-order valence-corrected chi connectivity index (χ0v) is 19.0. The lowest BCUT2D eigenvalue weighted by atomic mass is 9.88. The summed E-state index contributed by atoms with van der Waals surface area (Å²) in [4.78, 5) is 24.3.